The Bertz CT molecular complexity index is 1630. The molecule has 1 aromatic heterocycles. The second kappa shape index (κ2) is 12.6. The Hall–Kier alpha value is -4.61. The van der Waals surface area contributed by atoms with Crippen LogP contribution in [0.4, 0.5) is 5.69 Å². The van der Waals surface area contributed by atoms with Crippen LogP contribution in [0.15, 0.2) is 83.7 Å². The number of ether oxygens (including phenoxy) is 2. The molecule has 0 atom stereocenters. The first-order valence-corrected chi connectivity index (χ1v) is 13.0. The highest BCUT2D eigenvalue weighted by atomic mass is 32.1. The van der Waals surface area contributed by atoms with Crippen molar-refractivity contribution in [3.8, 4) is 23.3 Å². The predicted octanol–water partition coefficient (Wildman–Crippen LogP) is 4.23. The van der Waals surface area contributed by atoms with Crippen molar-refractivity contribution in [1.29, 1.82) is 5.26 Å². The smallest absolute Gasteiger partial charge is 0.273 e. The summed E-state index contributed by atoms with van der Waals surface area (Å²) in [6.45, 7) is 2.76. The van der Waals surface area contributed by atoms with E-state index in [0.29, 0.717) is 28.3 Å². The van der Waals surface area contributed by atoms with Crippen molar-refractivity contribution in [1.82, 2.24) is 4.57 Å². The lowest BCUT2D eigenvalue weighted by molar-refractivity contribution is -0.111. The molecule has 0 spiro atoms. The van der Waals surface area contributed by atoms with Crippen molar-refractivity contribution in [3.05, 3.63) is 104 Å². The molecule has 38 heavy (non-hydrogen) atoms. The van der Waals surface area contributed by atoms with E-state index >= 15 is 0 Å². The monoisotopic (exact) mass is 525 g/mol. The molecule has 1 N–H and O–H groups in total. The summed E-state index contributed by atoms with van der Waals surface area (Å²) in [6.07, 6.45) is 3.78. The summed E-state index contributed by atoms with van der Waals surface area (Å²) in [7, 11) is 1.50. The number of thiazole rings is 1. The van der Waals surface area contributed by atoms with E-state index in [0.717, 1.165) is 35.5 Å². The summed E-state index contributed by atoms with van der Waals surface area (Å²) in [5.41, 5.74) is 1.28. The van der Waals surface area contributed by atoms with Gasteiger partial charge in [-0.15, -0.1) is 11.3 Å². The number of nitriles is 1. The molecule has 3 aromatic carbocycles. The molecular weight excluding hydrogens is 498 g/mol. The number of unbranched alkanes of at least 4 members (excludes halogenated alkanes) is 1. The Balaban J connectivity index is 1.82. The second-order valence-corrected chi connectivity index (χ2v) is 9.33. The number of carbonyl (C=O) groups is 1. The maximum absolute atomic E-state index is 13.6. The van der Waals surface area contributed by atoms with Gasteiger partial charge < -0.3 is 14.8 Å². The molecule has 4 aromatic rings. The first kappa shape index (κ1) is 26.5. The largest absolute Gasteiger partial charge is 0.495 e. The molecule has 0 fully saturated rings. The van der Waals surface area contributed by atoms with Crippen LogP contribution in [-0.2, 0) is 4.79 Å². The molecule has 0 unspecified atom stereocenters. The summed E-state index contributed by atoms with van der Waals surface area (Å²) < 4.78 is 13.1. The first-order chi connectivity index (χ1) is 18.5. The average Bonchev–Trinajstić information content (AvgIpc) is 3.26. The van der Waals surface area contributed by atoms with Gasteiger partial charge in [-0.25, -0.2) is 0 Å². The zero-order chi connectivity index (χ0) is 26.9. The molecule has 0 saturated carbocycles. The van der Waals surface area contributed by atoms with Crippen LogP contribution in [0.25, 0.3) is 17.3 Å². The molecule has 0 saturated heterocycles. The minimum Gasteiger partial charge on any atom is -0.495 e. The number of methoxy groups -OCH3 is 1. The topological polar surface area (TPSA) is 93.3 Å². The van der Waals surface area contributed by atoms with Gasteiger partial charge in [-0.2, -0.15) is 5.26 Å². The Labute approximate surface area is 224 Å². The molecule has 192 valence electrons. The van der Waals surface area contributed by atoms with E-state index in [1.54, 1.807) is 54.6 Å². The van der Waals surface area contributed by atoms with Gasteiger partial charge in [0.25, 0.3) is 11.5 Å². The second-order valence-electron chi connectivity index (χ2n) is 8.30. The molecular formula is C30H27N3O4S. The zero-order valence-corrected chi connectivity index (χ0v) is 22.0. The minimum atomic E-state index is -0.636. The molecule has 7 nitrogen and oxygen atoms in total. The number of nitrogens with one attached hydrogen (secondary N) is 1. The zero-order valence-electron chi connectivity index (χ0n) is 21.1. The quantitative estimate of drug-likeness (QED) is 0.330. The van der Waals surface area contributed by atoms with E-state index < -0.39 is 5.91 Å². The van der Waals surface area contributed by atoms with E-state index in [2.05, 4.69) is 12.2 Å². The number of nitrogens with zero attached hydrogens (tertiary/aromatic N) is 2. The summed E-state index contributed by atoms with van der Waals surface area (Å²) >= 11 is 1.09. The third-order valence-corrected chi connectivity index (χ3v) is 6.78. The number of amides is 1. The van der Waals surface area contributed by atoms with Crippen molar-refractivity contribution in [2.24, 2.45) is 0 Å². The maximum atomic E-state index is 13.6. The Morgan fingerprint density at radius 1 is 1.05 bits per heavy atom. The van der Waals surface area contributed by atoms with Crippen LogP contribution in [0.5, 0.6) is 11.5 Å². The van der Waals surface area contributed by atoms with Crippen LogP contribution in [0.2, 0.25) is 0 Å². The third-order valence-electron chi connectivity index (χ3n) is 5.69. The summed E-state index contributed by atoms with van der Waals surface area (Å²) in [4.78, 5) is 26.8. The van der Waals surface area contributed by atoms with E-state index in [1.807, 2.05) is 36.4 Å². The van der Waals surface area contributed by atoms with Crippen molar-refractivity contribution in [2.45, 2.75) is 19.8 Å². The molecule has 0 aliphatic rings. The Kier molecular flexibility index (Phi) is 8.75. The molecule has 0 aliphatic carbocycles. The molecule has 0 radical (unpaired) electrons. The molecule has 1 heterocycles. The van der Waals surface area contributed by atoms with Gasteiger partial charge in [0.1, 0.15) is 22.2 Å². The van der Waals surface area contributed by atoms with Crippen LogP contribution in [-0.4, -0.2) is 24.2 Å². The highest BCUT2D eigenvalue weighted by Crippen LogP contribution is 2.23. The van der Waals surface area contributed by atoms with Gasteiger partial charge in [0.15, 0.2) is 5.57 Å². The van der Waals surface area contributed by atoms with Gasteiger partial charge in [-0.1, -0.05) is 55.8 Å². The highest BCUT2D eigenvalue weighted by molar-refractivity contribution is 7.07. The molecule has 8 heteroatoms. The van der Waals surface area contributed by atoms with E-state index in [1.165, 1.54) is 11.7 Å². The SMILES string of the molecule is CCCCOc1ccc(/C=c2\s/c(=C(/C#N)C(=O)Nc3ccccc3OC)n(-c3ccccc3)c2=O)cc1. The van der Waals surface area contributed by atoms with E-state index in [4.69, 9.17) is 9.47 Å². The summed E-state index contributed by atoms with van der Waals surface area (Å²) in [5, 5.41) is 12.8. The number of hydrogen-bond acceptors (Lipinski definition) is 6. The number of anilines is 1. The van der Waals surface area contributed by atoms with Crippen LogP contribution in [0.1, 0.15) is 25.3 Å². The Morgan fingerprint density at radius 3 is 2.45 bits per heavy atom. The lowest BCUT2D eigenvalue weighted by atomic mass is 10.2. The van der Waals surface area contributed by atoms with Gasteiger partial charge in [0.2, 0.25) is 0 Å². The van der Waals surface area contributed by atoms with Crippen LogP contribution in [0, 0.1) is 11.3 Å². The normalized spacial score (nSPS) is 12.0. The predicted molar refractivity (Wildman–Crippen MR) is 150 cm³/mol. The number of aromatic nitrogens is 1. The van der Waals surface area contributed by atoms with E-state index in [9.17, 15) is 14.9 Å². The molecule has 0 aliphatic heterocycles. The first-order valence-electron chi connectivity index (χ1n) is 12.2. The fourth-order valence-corrected chi connectivity index (χ4v) is 4.84. The van der Waals surface area contributed by atoms with Gasteiger partial charge in [-0.05, 0) is 54.5 Å². The fourth-order valence-electron chi connectivity index (χ4n) is 3.74. The van der Waals surface area contributed by atoms with Crippen molar-refractivity contribution in [3.63, 3.8) is 0 Å². The number of rotatable bonds is 9. The van der Waals surface area contributed by atoms with E-state index in [-0.39, 0.29) is 15.8 Å². The standard InChI is InChI=1S/C30H27N3O4S/c1-3-4-18-37-23-16-14-21(15-17-23)19-27-29(35)33(22-10-6-5-7-11-22)30(38-27)24(20-31)28(34)32-25-12-8-9-13-26(25)36-2/h5-17,19H,3-4,18H2,1-2H3,(H,32,34)/b27-19-,30-24-. The lowest BCUT2D eigenvalue weighted by Crippen LogP contribution is -2.32. The fraction of sp³-hybridized carbons (Fsp3) is 0.167. The highest BCUT2D eigenvalue weighted by Gasteiger charge is 2.18. The summed E-state index contributed by atoms with van der Waals surface area (Å²) in [5.74, 6) is 0.584. The van der Waals surface area contributed by atoms with Crippen LogP contribution in [0.3, 0.4) is 0 Å². The van der Waals surface area contributed by atoms with Crippen molar-refractivity contribution < 1.29 is 14.3 Å². The number of carbonyl (C=O) groups excluding carboxylic acids is 1. The molecule has 1 amide bonds. The van der Waals surface area contributed by atoms with Crippen LogP contribution >= 0.6 is 11.3 Å². The molecule has 4 rings (SSSR count). The van der Waals surface area contributed by atoms with Gasteiger partial charge in [0.05, 0.1) is 29.6 Å². The third kappa shape index (κ3) is 6.02. The number of benzene rings is 3. The van der Waals surface area contributed by atoms with Gasteiger partial charge in [0, 0.05) is 0 Å². The van der Waals surface area contributed by atoms with Crippen LogP contribution < -0.4 is 29.5 Å². The summed E-state index contributed by atoms with van der Waals surface area (Å²) in [6, 6.07) is 25.3. The molecule has 0 bridgehead atoms. The minimum absolute atomic E-state index is 0.179. The Morgan fingerprint density at radius 2 is 1.76 bits per heavy atom. The van der Waals surface area contributed by atoms with Gasteiger partial charge in [-0.3, -0.25) is 14.2 Å². The lowest BCUT2D eigenvalue weighted by Gasteiger charge is -2.09. The number of para-hydroxylation sites is 3. The van der Waals surface area contributed by atoms with Crippen molar-refractivity contribution >= 4 is 34.6 Å². The van der Waals surface area contributed by atoms with Crippen molar-refractivity contribution in [2.75, 3.05) is 19.0 Å². The maximum Gasteiger partial charge on any atom is 0.273 e. The number of hydrogen-bond donors (Lipinski definition) is 1. The van der Waals surface area contributed by atoms with Gasteiger partial charge >= 0.3 is 0 Å². The average molecular weight is 526 g/mol.